The van der Waals surface area contributed by atoms with Crippen molar-refractivity contribution >= 4 is 5.82 Å². The Kier molecular flexibility index (Phi) is 4.45. The first kappa shape index (κ1) is 15.5. The number of nitrogens with zero attached hydrogens (tertiary/aromatic N) is 3. The van der Waals surface area contributed by atoms with E-state index < -0.39 is 0 Å². The van der Waals surface area contributed by atoms with Crippen LogP contribution in [0.15, 0.2) is 48.9 Å². The summed E-state index contributed by atoms with van der Waals surface area (Å²) in [7, 11) is 0. The molecule has 0 radical (unpaired) electrons. The maximum absolute atomic E-state index is 6.25. The maximum Gasteiger partial charge on any atom is 0.126 e. The van der Waals surface area contributed by atoms with E-state index in [1.165, 1.54) is 5.56 Å². The lowest BCUT2D eigenvalue weighted by Crippen LogP contribution is -2.46. The van der Waals surface area contributed by atoms with Gasteiger partial charge in [0.05, 0.1) is 5.60 Å². The van der Waals surface area contributed by atoms with Gasteiger partial charge in [0.15, 0.2) is 0 Å². The van der Waals surface area contributed by atoms with Gasteiger partial charge in [0.1, 0.15) is 5.82 Å². The Morgan fingerprint density at radius 3 is 2.96 bits per heavy atom. The topological polar surface area (TPSA) is 50.3 Å². The lowest BCUT2D eigenvalue weighted by Gasteiger charge is -2.38. The van der Waals surface area contributed by atoms with Crippen LogP contribution in [0.3, 0.4) is 0 Å². The average molecular weight is 324 g/mol. The molecule has 0 amide bonds. The number of anilines is 1. The van der Waals surface area contributed by atoms with Crippen LogP contribution in [-0.2, 0) is 11.3 Å². The van der Waals surface area contributed by atoms with Crippen molar-refractivity contribution in [3.63, 3.8) is 0 Å². The van der Waals surface area contributed by atoms with Crippen molar-refractivity contribution in [2.75, 3.05) is 25.0 Å². The molecule has 0 unspecified atom stereocenters. The lowest BCUT2D eigenvalue weighted by atomic mass is 9.89. The molecule has 0 saturated carbocycles. The fourth-order valence-electron chi connectivity index (χ4n) is 3.90. The normalized spacial score (nSPS) is 27.4. The first-order valence-corrected chi connectivity index (χ1v) is 8.74. The van der Waals surface area contributed by atoms with E-state index in [9.17, 15) is 0 Å². The first-order valence-electron chi connectivity index (χ1n) is 8.74. The van der Waals surface area contributed by atoms with Crippen molar-refractivity contribution in [1.29, 1.82) is 0 Å². The predicted octanol–water partition coefficient (Wildman–Crippen LogP) is 2.71. The van der Waals surface area contributed by atoms with Crippen LogP contribution in [0.1, 0.15) is 24.8 Å². The van der Waals surface area contributed by atoms with Gasteiger partial charge in [-0.1, -0.05) is 6.07 Å². The standard InChI is InChI=1S/C19H24N4O/c1-2-8-21-18(3-1)22-17-6-12-24-19(13-17)7-11-23(15-19)14-16-4-9-20-10-5-16/h1-5,8-10,17H,6-7,11-15H2,(H,21,22)/t17-,19-/m1/s1. The van der Waals surface area contributed by atoms with Gasteiger partial charge in [-0.25, -0.2) is 4.98 Å². The molecule has 4 rings (SSSR count). The molecule has 126 valence electrons. The Morgan fingerprint density at radius 2 is 2.12 bits per heavy atom. The molecule has 2 aromatic heterocycles. The average Bonchev–Trinajstić information content (AvgIpc) is 2.98. The van der Waals surface area contributed by atoms with Crippen molar-refractivity contribution in [2.45, 2.75) is 37.5 Å². The lowest BCUT2D eigenvalue weighted by molar-refractivity contribution is -0.0737. The molecule has 1 spiro atoms. The van der Waals surface area contributed by atoms with Gasteiger partial charge >= 0.3 is 0 Å². The summed E-state index contributed by atoms with van der Waals surface area (Å²) in [5.74, 6) is 0.964. The Morgan fingerprint density at radius 1 is 1.21 bits per heavy atom. The molecule has 5 nitrogen and oxygen atoms in total. The second-order valence-corrected chi connectivity index (χ2v) is 6.90. The molecule has 0 bridgehead atoms. The highest BCUT2D eigenvalue weighted by molar-refractivity contribution is 5.34. The molecule has 4 heterocycles. The Labute approximate surface area is 143 Å². The van der Waals surface area contributed by atoms with E-state index in [0.29, 0.717) is 6.04 Å². The molecule has 2 atom stereocenters. The minimum absolute atomic E-state index is 0.00225. The smallest absolute Gasteiger partial charge is 0.126 e. The van der Waals surface area contributed by atoms with Crippen LogP contribution < -0.4 is 5.32 Å². The van der Waals surface area contributed by atoms with E-state index in [1.54, 1.807) is 0 Å². The number of hydrogen-bond donors (Lipinski definition) is 1. The third-order valence-corrected chi connectivity index (χ3v) is 5.06. The Bertz CT molecular complexity index is 651. The quantitative estimate of drug-likeness (QED) is 0.937. The zero-order chi connectivity index (χ0) is 16.2. The third kappa shape index (κ3) is 3.57. The number of rotatable bonds is 4. The number of hydrogen-bond acceptors (Lipinski definition) is 5. The van der Waals surface area contributed by atoms with Crippen LogP contribution in [0.4, 0.5) is 5.82 Å². The minimum atomic E-state index is -0.00225. The van der Waals surface area contributed by atoms with Gasteiger partial charge in [-0.3, -0.25) is 9.88 Å². The summed E-state index contributed by atoms with van der Waals surface area (Å²) in [6.07, 6.45) is 8.78. The van der Waals surface area contributed by atoms with Crippen LogP contribution in [0.25, 0.3) is 0 Å². The summed E-state index contributed by atoms with van der Waals surface area (Å²) in [6.45, 7) is 3.91. The van der Waals surface area contributed by atoms with Crippen molar-refractivity contribution in [2.24, 2.45) is 0 Å². The molecular formula is C19H24N4O. The van der Waals surface area contributed by atoms with Crippen molar-refractivity contribution in [3.8, 4) is 0 Å². The first-order chi connectivity index (χ1) is 11.8. The van der Waals surface area contributed by atoms with E-state index in [4.69, 9.17) is 4.74 Å². The van der Waals surface area contributed by atoms with Gasteiger partial charge < -0.3 is 10.1 Å². The molecule has 0 aliphatic carbocycles. The van der Waals surface area contributed by atoms with Gasteiger partial charge in [-0.2, -0.15) is 0 Å². The fraction of sp³-hybridized carbons (Fsp3) is 0.474. The number of pyridine rings is 2. The van der Waals surface area contributed by atoms with Crippen LogP contribution >= 0.6 is 0 Å². The summed E-state index contributed by atoms with van der Waals surface area (Å²) < 4.78 is 6.25. The molecule has 1 N–H and O–H groups in total. The number of aromatic nitrogens is 2. The highest BCUT2D eigenvalue weighted by Crippen LogP contribution is 2.35. The molecule has 2 aromatic rings. The molecular weight excluding hydrogens is 300 g/mol. The monoisotopic (exact) mass is 324 g/mol. The van der Waals surface area contributed by atoms with Crippen LogP contribution in [0.5, 0.6) is 0 Å². The van der Waals surface area contributed by atoms with Gasteiger partial charge in [-0.15, -0.1) is 0 Å². The van der Waals surface area contributed by atoms with E-state index in [0.717, 1.165) is 51.3 Å². The molecule has 5 heteroatoms. The van der Waals surface area contributed by atoms with Crippen molar-refractivity contribution in [1.82, 2.24) is 14.9 Å². The second-order valence-electron chi connectivity index (χ2n) is 6.90. The summed E-state index contributed by atoms with van der Waals surface area (Å²) in [6, 6.07) is 10.6. The van der Waals surface area contributed by atoms with E-state index in [2.05, 4.69) is 32.3 Å². The highest BCUT2D eigenvalue weighted by atomic mass is 16.5. The van der Waals surface area contributed by atoms with Gasteiger partial charge in [0.2, 0.25) is 0 Å². The highest BCUT2D eigenvalue weighted by Gasteiger charge is 2.43. The van der Waals surface area contributed by atoms with Crippen LogP contribution in [0.2, 0.25) is 0 Å². The zero-order valence-corrected chi connectivity index (χ0v) is 13.9. The van der Waals surface area contributed by atoms with Gasteiger partial charge in [-0.05, 0) is 49.1 Å². The SMILES string of the molecule is c1ccc(N[C@@H]2CCO[C@]3(CCN(Cc4ccncc4)C3)C2)nc1. The molecule has 2 fully saturated rings. The number of ether oxygens (including phenoxy) is 1. The molecule has 24 heavy (non-hydrogen) atoms. The van der Waals surface area contributed by atoms with E-state index in [1.807, 2.05) is 36.8 Å². The zero-order valence-electron chi connectivity index (χ0n) is 13.9. The van der Waals surface area contributed by atoms with E-state index >= 15 is 0 Å². The Balaban J connectivity index is 1.37. The van der Waals surface area contributed by atoms with Crippen LogP contribution in [-0.4, -0.2) is 46.2 Å². The maximum atomic E-state index is 6.25. The molecule has 2 aliphatic rings. The summed E-state index contributed by atoms with van der Waals surface area (Å²) in [4.78, 5) is 11.0. The van der Waals surface area contributed by atoms with Gasteiger partial charge in [0, 0.05) is 50.9 Å². The van der Waals surface area contributed by atoms with Crippen LogP contribution in [0, 0.1) is 0 Å². The number of nitrogens with one attached hydrogen (secondary N) is 1. The largest absolute Gasteiger partial charge is 0.373 e. The predicted molar refractivity (Wildman–Crippen MR) is 93.7 cm³/mol. The summed E-state index contributed by atoms with van der Waals surface area (Å²) in [5, 5.41) is 3.58. The fourth-order valence-corrected chi connectivity index (χ4v) is 3.90. The van der Waals surface area contributed by atoms with Crippen molar-refractivity contribution < 1.29 is 4.74 Å². The number of likely N-dealkylation sites (tertiary alicyclic amines) is 1. The molecule has 2 saturated heterocycles. The molecule has 2 aliphatic heterocycles. The summed E-state index contributed by atoms with van der Waals surface area (Å²) >= 11 is 0. The Hall–Kier alpha value is -1.98. The van der Waals surface area contributed by atoms with Crippen molar-refractivity contribution in [3.05, 3.63) is 54.5 Å². The van der Waals surface area contributed by atoms with E-state index in [-0.39, 0.29) is 5.60 Å². The molecule has 0 aromatic carbocycles. The third-order valence-electron chi connectivity index (χ3n) is 5.06. The second kappa shape index (κ2) is 6.87. The van der Waals surface area contributed by atoms with Gasteiger partial charge in [0.25, 0.3) is 0 Å². The summed E-state index contributed by atoms with van der Waals surface area (Å²) in [5.41, 5.74) is 1.32. The minimum Gasteiger partial charge on any atom is -0.373 e.